The number of amides is 2. The lowest BCUT2D eigenvalue weighted by Crippen LogP contribution is -2.54. The molecule has 0 spiro atoms. The Hall–Kier alpha value is -3.25. The molecule has 0 heterocycles. The van der Waals surface area contributed by atoms with E-state index in [4.69, 9.17) is 4.74 Å². The molecule has 3 rings (SSSR count). The summed E-state index contributed by atoms with van der Waals surface area (Å²) in [7, 11) is 1.65. The van der Waals surface area contributed by atoms with Gasteiger partial charge in [0.15, 0.2) is 0 Å². The van der Waals surface area contributed by atoms with Crippen molar-refractivity contribution in [1.29, 1.82) is 0 Å². The maximum Gasteiger partial charge on any atom is 0.243 e. The molecule has 0 bridgehead atoms. The smallest absolute Gasteiger partial charge is 0.243 e. The molecule has 0 aromatic heterocycles. The topological polar surface area (TPSA) is 58.6 Å². The van der Waals surface area contributed by atoms with Gasteiger partial charge in [0.05, 0.1) is 12.9 Å². The van der Waals surface area contributed by atoms with Crippen LogP contribution in [0.3, 0.4) is 0 Å². The van der Waals surface area contributed by atoms with Gasteiger partial charge in [0.25, 0.3) is 0 Å². The first-order valence-electron chi connectivity index (χ1n) is 12.6. The Morgan fingerprint density at radius 1 is 0.919 bits per heavy atom. The number of nitrogens with one attached hydrogen (secondary N) is 1. The molecule has 1 atom stereocenters. The van der Waals surface area contributed by atoms with E-state index in [0.29, 0.717) is 18.7 Å². The number of thioether (sulfide) groups is 1. The summed E-state index contributed by atoms with van der Waals surface area (Å²) in [6.45, 7) is 8.29. The predicted molar refractivity (Wildman–Crippen MR) is 153 cm³/mol. The van der Waals surface area contributed by atoms with Gasteiger partial charge in [-0.05, 0) is 56.5 Å². The Morgan fingerprint density at radius 3 is 2.22 bits per heavy atom. The second kappa shape index (κ2) is 13.3. The van der Waals surface area contributed by atoms with Crippen LogP contribution in [-0.2, 0) is 28.3 Å². The highest BCUT2D eigenvalue weighted by Crippen LogP contribution is 2.21. The standard InChI is InChI=1S/C31H38N2O3S/c1-23-10-9-13-26(18-23)20-33(29(34)22-37-21-25-14-16-27(36-5)17-15-25)28(30(35)32-31(2,3)4)19-24-11-7-6-8-12-24/h6-18,28H,19-22H2,1-5H3,(H,32,35). The molecule has 0 radical (unpaired) electrons. The number of carbonyl (C=O) groups excluding carboxylic acids is 2. The highest BCUT2D eigenvalue weighted by Gasteiger charge is 2.32. The summed E-state index contributed by atoms with van der Waals surface area (Å²) in [6, 6.07) is 25.3. The van der Waals surface area contributed by atoms with Crippen LogP contribution in [-0.4, -0.2) is 41.2 Å². The molecule has 3 aromatic carbocycles. The molecule has 1 N–H and O–H groups in total. The fourth-order valence-electron chi connectivity index (χ4n) is 4.07. The van der Waals surface area contributed by atoms with E-state index >= 15 is 0 Å². The zero-order chi connectivity index (χ0) is 26.8. The third-order valence-electron chi connectivity index (χ3n) is 5.86. The summed E-state index contributed by atoms with van der Waals surface area (Å²) in [5.74, 6) is 1.60. The first kappa shape index (κ1) is 28.3. The van der Waals surface area contributed by atoms with Crippen LogP contribution in [0.4, 0.5) is 0 Å². The normalized spacial score (nSPS) is 12.0. The predicted octanol–water partition coefficient (Wildman–Crippen LogP) is 5.79. The minimum Gasteiger partial charge on any atom is -0.497 e. The summed E-state index contributed by atoms with van der Waals surface area (Å²) >= 11 is 1.55. The first-order chi connectivity index (χ1) is 17.6. The van der Waals surface area contributed by atoms with E-state index in [-0.39, 0.29) is 17.6 Å². The molecular weight excluding hydrogens is 480 g/mol. The molecular formula is C31H38N2O3S. The summed E-state index contributed by atoms with van der Waals surface area (Å²) in [5.41, 5.74) is 3.86. The van der Waals surface area contributed by atoms with E-state index in [2.05, 4.69) is 11.4 Å². The SMILES string of the molecule is COc1ccc(CSCC(=O)N(Cc2cccc(C)c2)C(Cc2ccccc2)C(=O)NC(C)(C)C)cc1. The molecule has 2 amide bonds. The van der Waals surface area contributed by atoms with E-state index in [1.54, 1.807) is 23.8 Å². The monoisotopic (exact) mass is 518 g/mol. The van der Waals surface area contributed by atoms with Gasteiger partial charge in [-0.25, -0.2) is 0 Å². The van der Waals surface area contributed by atoms with Crippen LogP contribution in [0.2, 0.25) is 0 Å². The average molecular weight is 519 g/mol. The number of aryl methyl sites for hydroxylation is 1. The van der Waals surface area contributed by atoms with Crippen molar-refractivity contribution in [2.24, 2.45) is 0 Å². The van der Waals surface area contributed by atoms with Crippen LogP contribution in [0.5, 0.6) is 5.75 Å². The molecule has 37 heavy (non-hydrogen) atoms. The second-order valence-corrected chi connectivity index (χ2v) is 11.3. The van der Waals surface area contributed by atoms with Gasteiger partial charge in [0, 0.05) is 24.3 Å². The Bertz CT molecular complexity index is 1160. The average Bonchev–Trinajstić information content (AvgIpc) is 2.86. The van der Waals surface area contributed by atoms with Crippen molar-refractivity contribution < 1.29 is 14.3 Å². The molecule has 0 aliphatic rings. The Morgan fingerprint density at radius 2 is 1.59 bits per heavy atom. The molecule has 5 nitrogen and oxygen atoms in total. The van der Waals surface area contributed by atoms with Crippen molar-refractivity contribution in [2.75, 3.05) is 12.9 Å². The van der Waals surface area contributed by atoms with Crippen molar-refractivity contribution in [1.82, 2.24) is 10.2 Å². The number of rotatable bonds is 11. The number of carbonyl (C=O) groups is 2. The van der Waals surface area contributed by atoms with E-state index in [0.717, 1.165) is 28.0 Å². The molecule has 196 valence electrons. The zero-order valence-corrected chi connectivity index (χ0v) is 23.3. The van der Waals surface area contributed by atoms with Gasteiger partial charge in [-0.1, -0.05) is 72.3 Å². The van der Waals surface area contributed by atoms with Crippen LogP contribution in [0.25, 0.3) is 0 Å². The quantitative estimate of drug-likeness (QED) is 0.349. The summed E-state index contributed by atoms with van der Waals surface area (Å²) in [4.78, 5) is 29.1. The lowest BCUT2D eigenvalue weighted by atomic mass is 10.0. The van der Waals surface area contributed by atoms with Gasteiger partial charge in [-0.2, -0.15) is 0 Å². The molecule has 1 unspecified atom stereocenters. The molecule has 0 fully saturated rings. The van der Waals surface area contributed by atoms with Crippen LogP contribution in [0.15, 0.2) is 78.9 Å². The van der Waals surface area contributed by atoms with Crippen molar-refractivity contribution in [2.45, 2.75) is 58.0 Å². The number of hydrogen-bond donors (Lipinski definition) is 1. The van der Waals surface area contributed by atoms with E-state index < -0.39 is 11.6 Å². The highest BCUT2D eigenvalue weighted by molar-refractivity contribution is 7.99. The van der Waals surface area contributed by atoms with Gasteiger partial charge in [-0.3, -0.25) is 9.59 Å². The van der Waals surface area contributed by atoms with Crippen molar-refractivity contribution in [3.63, 3.8) is 0 Å². The molecule has 0 saturated heterocycles. The Balaban J connectivity index is 1.85. The van der Waals surface area contributed by atoms with Gasteiger partial charge < -0.3 is 15.0 Å². The van der Waals surface area contributed by atoms with E-state index in [9.17, 15) is 9.59 Å². The summed E-state index contributed by atoms with van der Waals surface area (Å²) in [5, 5.41) is 3.11. The van der Waals surface area contributed by atoms with E-state index in [1.165, 1.54) is 0 Å². The minimum atomic E-state index is -0.628. The van der Waals surface area contributed by atoms with Crippen molar-refractivity contribution >= 4 is 23.6 Å². The highest BCUT2D eigenvalue weighted by atomic mass is 32.2. The van der Waals surface area contributed by atoms with Crippen LogP contribution in [0.1, 0.15) is 43.0 Å². The zero-order valence-electron chi connectivity index (χ0n) is 22.5. The van der Waals surface area contributed by atoms with Crippen LogP contribution in [0, 0.1) is 6.92 Å². The number of nitrogens with zero attached hydrogens (tertiary/aromatic N) is 1. The second-order valence-electron chi connectivity index (χ2n) is 10.3. The molecule has 0 saturated carbocycles. The maximum atomic E-state index is 13.7. The van der Waals surface area contributed by atoms with Gasteiger partial charge in [0.2, 0.25) is 11.8 Å². The van der Waals surface area contributed by atoms with Gasteiger partial charge in [0.1, 0.15) is 11.8 Å². The Kier molecular flexibility index (Phi) is 10.2. The first-order valence-corrected chi connectivity index (χ1v) is 13.7. The third-order valence-corrected chi connectivity index (χ3v) is 6.85. The molecule has 3 aromatic rings. The summed E-state index contributed by atoms with van der Waals surface area (Å²) < 4.78 is 5.23. The van der Waals surface area contributed by atoms with Crippen molar-refractivity contribution in [3.05, 3.63) is 101 Å². The number of hydrogen-bond acceptors (Lipinski definition) is 4. The molecule has 0 aliphatic carbocycles. The van der Waals surface area contributed by atoms with Gasteiger partial charge >= 0.3 is 0 Å². The fourth-order valence-corrected chi connectivity index (χ4v) is 4.95. The largest absolute Gasteiger partial charge is 0.497 e. The fraction of sp³-hybridized carbons (Fsp3) is 0.355. The third kappa shape index (κ3) is 9.29. The number of ether oxygens (including phenoxy) is 1. The van der Waals surface area contributed by atoms with Crippen LogP contribution < -0.4 is 10.1 Å². The number of benzene rings is 3. The number of methoxy groups -OCH3 is 1. The lowest BCUT2D eigenvalue weighted by molar-refractivity contribution is -0.140. The Labute approximate surface area is 225 Å². The maximum absolute atomic E-state index is 13.7. The van der Waals surface area contributed by atoms with E-state index in [1.807, 2.05) is 100 Å². The van der Waals surface area contributed by atoms with Crippen molar-refractivity contribution in [3.8, 4) is 5.75 Å². The molecule has 0 aliphatic heterocycles. The lowest BCUT2D eigenvalue weighted by Gasteiger charge is -2.34. The van der Waals surface area contributed by atoms with Gasteiger partial charge in [-0.15, -0.1) is 11.8 Å². The molecule has 6 heteroatoms. The van der Waals surface area contributed by atoms with Crippen LogP contribution >= 0.6 is 11.8 Å². The minimum absolute atomic E-state index is 0.0509. The summed E-state index contributed by atoms with van der Waals surface area (Å²) in [6.07, 6.45) is 0.448.